The molecule has 0 aliphatic heterocycles. The standard InChI is InChI=1S/C24H26FN7O4S/c1-5-16-10-17(12-26-11-16)23-29-30-24(32(23)22-19(35-3)7-6-8-20(22)36-4)31-37(33,34)15(2)9-21-27-13-18(25)14-28-21/h6-8,10-15H,5,9H2,1-4H3,(H,30,31)/t15-/m0/s1. The second-order valence-corrected chi connectivity index (χ2v) is 10.2. The van der Waals surface area contributed by atoms with Crippen molar-refractivity contribution in [3.05, 3.63) is 66.3 Å². The third-order valence-corrected chi connectivity index (χ3v) is 7.35. The van der Waals surface area contributed by atoms with E-state index in [0.29, 0.717) is 28.6 Å². The highest BCUT2D eigenvalue weighted by Crippen LogP contribution is 2.37. The van der Waals surface area contributed by atoms with E-state index in [2.05, 4.69) is 29.9 Å². The van der Waals surface area contributed by atoms with Crippen LogP contribution >= 0.6 is 0 Å². The Morgan fingerprint density at radius 2 is 1.73 bits per heavy atom. The molecule has 13 heteroatoms. The zero-order valence-corrected chi connectivity index (χ0v) is 21.5. The maximum Gasteiger partial charge on any atom is 0.243 e. The highest BCUT2D eigenvalue weighted by molar-refractivity contribution is 7.93. The number of nitrogens with one attached hydrogen (secondary N) is 1. The van der Waals surface area contributed by atoms with Crippen LogP contribution < -0.4 is 14.2 Å². The first-order valence-electron chi connectivity index (χ1n) is 11.4. The predicted molar refractivity (Wildman–Crippen MR) is 135 cm³/mol. The summed E-state index contributed by atoms with van der Waals surface area (Å²) < 4.78 is 55.0. The first-order chi connectivity index (χ1) is 17.8. The average Bonchev–Trinajstić information content (AvgIpc) is 3.31. The fraction of sp³-hybridized carbons (Fsp3) is 0.292. The van der Waals surface area contributed by atoms with Crippen molar-refractivity contribution in [2.45, 2.75) is 31.9 Å². The van der Waals surface area contributed by atoms with Gasteiger partial charge in [-0.2, -0.15) is 0 Å². The first-order valence-corrected chi connectivity index (χ1v) is 12.9. The van der Waals surface area contributed by atoms with Crippen molar-refractivity contribution in [2.24, 2.45) is 0 Å². The number of pyridine rings is 1. The number of methoxy groups -OCH3 is 2. The van der Waals surface area contributed by atoms with Crippen molar-refractivity contribution in [3.63, 3.8) is 0 Å². The molecule has 0 unspecified atom stereocenters. The Hall–Kier alpha value is -4.13. The van der Waals surface area contributed by atoms with Crippen LogP contribution in [-0.4, -0.2) is 57.6 Å². The Morgan fingerprint density at radius 3 is 2.35 bits per heavy atom. The molecule has 3 heterocycles. The average molecular weight is 528 g/mol. The van der Waals surface area contributed by atoms with Gasteiger partial charge in [-0.15, -0.1) is 10.2 Å². The minimum absolute atomic E-state index is 0.0446. The number of para-hydroxylation sites is 1. The lowest BCUT2D eigenvalue weighted by Crippen LogP contribution is -2.29. The van der Waals surface area contributed by atoms with Crippen LogP contribution in [0.1, 0.15) is 25.2 Å². The van der Waals surface area contributed by atoms with Gasteiger partial charge in [0.05, 0.1) is 31.9 Å². The van der Waals surface area contributed by atoms with E-state index in [1.54, 1.807) is 30.6 Å². The summed E-state index contributed by atoms with van der Waals surface area (Å²) in [6, 6.07) is 7.09. The number of nitrogens with zero attached hydrogens (tertiary/aromatic N) is 6. The Labute approximate surface area is 213 Å². The lowest BCUT2D eigenvalue weighted by molar-refractivity contribution is 0.391. The normalized spacial score (nSPS) is 12.2. The van der Waals surface area contributed by atoms with E-state index >= 15 is 0 Å². The summed E-state index contributed by atoms with van der Waals surface area (Å²) >= 11 is 0. The third-order valence-electron chi connectivity index (χ3n) is 5.66. The maximum absolute atomic E-state index is 13.3. The van der Waals surface area contributed by atoms with E-state index in [4.69, 9.17) is 9.47 Å². The summed E-state index contributed by atoms with van der Waals surface area (Å²) in [5, 5.41) is 7.48. The SMILES string of the molecule is CCc1cncc(-c2nnc(NS(=O)(=O)[C@@H](C)Cc3ncc(F)cn3)n2-c2c(OC)cccc2OC)c1. The number of aromatic nitrogens is 6. The summed E-state index contributed by atoms with van der Waals surface area (Å²) in [6.45, 7) is 3.50. The Morgan fingerprint density at radius 1 is 1.05 bits per heavy atom. The molecule has 0 saturated heterocycles. The van der Waals surface area contributed by atoms with Crippen molar-refractivity contribution >= 4 is 16.0 Å². The van der Waals surface area contributed by atoms with Gasteiger partial charge in [-0.05, 0) is 37.1 Å². The van der Waals surface area contributed by atoms with Crippen LogP contribution in [-0.2, 0) is 22.9 Å². The smallest absolute Gasteiger partial charge is 0.243 e. The third kappa shape index (κ3) is 5.50. The summed E-state index contributed by atoms with van der Waals surface area (Å²) in [5.74, 6) is 0.659. The fourth-order valence-electron chi connectivity index (χ4n) is 3.64. The summed E-state index contributed by atoms with van der Waals surface area (Å²) in [4.78, 5) is 12.0. The van der Waals surface area contributed by atoms with Crippen molar-refractivity contribution in [2.75, 3.05) is 18.9 Å². The molecule has 0 saturated carbocycles. The van der Waals surface area contributed by atoms with Gasteiger partial charge in [-0.1, -0.05) is 13.0 Å². The van der Waals surface area contributed by atoms with E-state index in [9.17, 15) is 12.8 Å². The van der Waals surface area contributed by atoms with Crippen LogP contribution in [0.3, 0.4) is 0 Å². The molecular formula is C24H26FN7O4S. The molecule has 4 rings (SSSR count). The number of benzene rings is 1. The number of anilines is 1. The highest BCUT2D eigenvalue weighted by atomic mass is 32.2. The molecule has 0 bridgehead atoms. The molecule has 3 aromatic heterocycles. The van der Waals surface area contributed by atoms with E-state index in [1.807, 2.05) is 13.0 Å². The number of halogens is 1. The molecule has 0 fully saturated rings. The van der Waals surface area contributed by atoms with Crippen molar-refractivity contribution < 1.29 is 22.3 Å². The number of hydrogen-bond donors (Lipinski definition) is 1. The van der Waals surface area contributed by atoms with Crippen LogP contribution in [0.15, 0.2) is 49.1 Å². The van der Waals surface area contributed by atoms with Crippen molar-refractivity contribution in [1.82, 2.24) is 29.7 Å². The minimum atomic E-state index is -4.02. The van der Waals surface area contributed by atoms with Gasteiger partial charge in [0.1, 0.15) is 23.0 Å². The molecule has 0 spiro atoms. The largest absolute Gasteiger partial charge is 0.494 e. The van der Waals surface area contributed by atoms with Crippen LogP contribution in [0.4, 0.5) is 10.3 Å². The van der Waals surface area contributed by atoms with E-state index in [-0.39, 0.29) is 18.2 Å². The number of hydrogen-bond acceptors (Lipinski definition) is 9. The molecule has 0 radical (unpaired) electrons. The molecule has 1 atom stereocenters. The molecule has 37 heavy (non-hydrogen) atoms. The van der Waals surface area contributed by atoms with Gasteiger partial charge in [0, 0.05) is 24.4 Å². The number of rotatable bonds is 10. The van der Waals surface area contributed by atoms with Gasteiger partial charge >= 0.3 is 0 Å². The number of ether oxygens (including phenoxy) is 2. The lowest BCUT2D eigenvalue weighted by atomic mass is 10.1. The van der Waals surface area contributed by atoms with Crippen LogP contribution in [0, 0.1) is 5.82 Å². The molecule has 1 aromatic carbocycles. The number of sulfonamides is 1. The van der Waals surface area contributed by atoms with Gasteiger partial charge in [0.2, 0.25) is 16.0 Å². The molecule has 0 aliphatic rings. The predicted octanol–water partition coefficient (Wildman–Crippen LogP) is 3.21. The summed E-state index contributed by atoms with van der Waals surface area (Å²) in [5.41, 5.74) is 1.99. The van der Waals surface area contributed by atoms with Gasteiger partial charge in [-0.25, -0.2) is 22.8 Å². The molecule has 0 aliphatic carbocycles. The zero-order chi connectivity index (χ0) is 26.6. The van der Waals surface area contributed by atoms with Gasteiger partial charge in [0.25, 0.3) is 0 Å². The van der Waals surface area contributed by atoms with E-state index in [1.165, 1.54) is 25.7 Å². The van der Waals surface area contributed by atoms with Gasteiger partial charge in [0.15, 0.2) is 11.6 Å². The minimum Gasteiger partial charge on any atom is -0.494 e. The monoisotopic (exact) mass is 527 g/mol. The van der Waals surface area contributed by atoms with Crippen LogP contribution in [0.5, 0.6) is 11.5 Å². The molecule has 1 N–H and O–H groups in total. The van der Waals surface area contributed by atoms with E-state index in [0.717, 1.165) is 24.4 Å². The van der Waals surface area contributed by atoms with E-state index < -0.39 is 21.1 Å². The molecule has 0 amide bonds. The quantitative estimate of drug-likeness (QED) is 0.330. The second-order valence-electron chi connectivity index (χ2n) is 8.11. The fourth-order valence-corrected chi connectivity index (χ4v) is 4.60. The lowest BCUT2D eigenvalue weighted by Gasteiger charge is -2.19. The highest BCUT2D eigenvalue weighted by Gasteiger charge is 2.28. The Bertz CT molecular complexity index is 1470. The van der Waals surface area contributed by atoms with Gasteiger partial charge < -0.3 is 9.47 Å². The summed E-state index contributed by atoms with van der Waals surface area (Å²) in [7, 11) is -1.02. The van der Waals surface area contributed by atoms with Crippen molar-refractivity contribution in [3.8, 4) is 28.6 Å². The van der Waals surface area contributed by atoms with Gasteiger partial charge in [-0.3, -0.25) is 14.3 Å². The van der Waals surface area contributed by atoms with Crippen LogP contribution in [0.2, 0.25) is 0 Å². The first kappa shape index (κ1) is 25.9. The Kier molecular flexibility index (Phi) is 7.62. The second kappa shape index (κ2) is 10.9. The topological polar surface area (TPSA) is 134 Å². The molecule has 194 valence electrons. The summed E-state index contributed by atoms with van der Waals surface area (Å²) in [6.07, 6.45) is 6.05. The maximum atomic E-state index is 13.3. The molecule has 4 aromatic rings. The van der Waals surface area contributed by atoms with Crippen LogP contribution in [0.25, 0.3) is 17.1 Å². The molecular weight excluding hydrogens is 501 g/mol. The zero-order valence-electron chi connectivity index (χ0n) is 20.7. The van der Waals surface area contributed by atoms with Crippen molar-refractivity contribution in [1.29, 1.82) is 0 Å². The number of aryl methyl sites for hydroxylation is 1. The molecule has 11 nitrogen and oxygen atoms in total. The Balaban J connectivity index is 1.82.